The molecule has 2 aromatic carbocycles. The first-order valence-corrected chi connectivity index (χ1v) is 10.8. The van der Waals surface area contributed by atoms with E-state index in [1.807, 2.05) is 50.2 Å². The van der Waals surface area contributed by atoms with Crippen LogP contribution in [0.15, 0.2) is 36.4 Å². The van der Waals surface area contributed by atoms with E-state index in [2.05, 4.69) is 19.2 Å². The van der Waals surface area contributed by atoms with E-state index >= 15 is 0 Å². The lowest BCUT2D eigenvalue weighted by atomic mass is 9.95. The van der Waals surface area contributed by atoms with Crippen LogP contribution in [0.5, 0.6) is 23.0 Å². The fourth-order valence-electron chi connectivity index (χ4n) is 3.44. The molecule has 1 N–H and O–H groups in total. The molecule has 0 bridgehead atoms. The third-order valence-corrected chi connectivity index (χ3v) is 5.00. The summed E-state index contributed by atoms with van der Waals surface area (Å²) >= 11 is 0. The highest BCUT2D eigenvalue weighted by Crippen LogP contribution is 2.33. The SMILES string of the molecule is CCOc1ccc(C(NC(=O)CCc2ccc(OC)c(OC)c2)C(C)C)cc1OCC. The number of amides is 1. The molecule has 0 fully saturated rings. The van der Waals surface area contributed by atoms with E-state index in [1.165, 1.54) is 0 Å². The molecule has 0 saturated carbocycles. The Morgan fingerprint density at radius 3 is 2.13 bits per heavy atom. The van der Waals surface area contributed by atoms with Crippen LogP contribution in [0.4, 0.5) is 0 Å². The van der Waals surface area contributed by atoms with Crippen LogP contribution in [0.25, 0.3) is 0 Å². The monoisotopic (exact) mass is 429 g/mol. The Bertz CT molecular complexity index is 850. The number of rotatable bonds is 12. The zero-order valence-electron chi connectivity index (χ0n) is 19.5. The smallest absolute Gasteiger partial charge is 0.220 e. The zero-order chi connectivity index (χ0) is 22.8. The second kappa shape index (κ2) is 12.1. The van der Waals surface area contributed by atoms with Gasteiger partial charge in [-0.2, -0.15) is 0 Å². The van der Waals surface area contributed by atoms with Crippen molar-refractivity contribution in [1.29, 1.82) is 0 Å². The van der Waals surface area contributed by atoms with Crippen LogP contribution in [0.2, 0.25) is 0 Å². The number of carbonyl (C=O) groups is 1. The summed E-state index contributed by atoms with van der Waals surface area (Å²) in [4.78, 5) is 12.7. The number of aryl methyl sites for hydroxylation is 1. The van der Waals surface area contributed by atoms with Crippen LogP contribution >= 0.6 is 0 Å². The Balaban J connectivity index is 2.09. The number of carbonyl (C=O) groups excluding carboxylic acids is 1. The molecule has 0 heterocycles. The largest absolute Gasteiger partial charge is 0.493 e. The minimum Gasteiger partial charge on any atom is -0.493 e. The Morgan fingerprint density at radius 2 is 1.52 bits per heavy atom. The number of hydrogen-bond acceptors (Lipinski definition) is 5. The van der Waals surface area contributed by atoms with Gasteiger partial charge in [0.1, 0.15) is 0 Å². The lowest BCUT2D eigenvalue weighted by molar-refractivity contribution is -0.122. The first-order chi connectivity index (χ1) is 14.9. The Kier molecular flexibility index (Phi) is 9.50. The van der Waals surface area contributed by atoms with Crippen LogP contribution in [0.1, 0.15) is 51.3 Å². The van der Waals surface area contributed by atoms with E-state index in [0.717, 1.165) is 16.9 Å². The molecule has 1 atom stereocenters. The van der Waals surface area contributed by atoms with Crippen molar-refractivity contribution >= 4 is 5.91 Å². The quantitative estimate of drug-likeness (QED) is 0.517. The van der Waals surface area contributed by atoms with Crippen LogP contribution in [-0.4, -0.2) is 33.3 Å². The topological polar surface area (TPSA) is 66.0 Å². The molecule has 6 nitrogen and oxygen atoms in total. The molecule has 0 radical (unpaired) electrons. The summed E-state index contributed by atoms with van der Waals surface area (Å²) in [6, 6.07) is 11.5. The molecular formula is C25H35NO5. The number of hydrogen-bond donors (Lipinski definition) is 1. The maximum atomic E-state index is 12.7. The van der Waals surface area contributed by atoms with Gasteiger partial charge in [0.2, 0.25) is 5.91 Å². The van der Waals surface area contributed by atoms with Crippen molar-refractivity contribution in [2.45, 2.75) is 46.6 Å². The first-order valence-electron chi connectivity index (χ1n) is 10.8. The van der Waals surface area contributed by atoms with Crippen molar-refractivity contribution in [3.8, 4) is 23.0 Å². The third kappa shape index (κ3) is 6.81. The predicted molar refractivity (Wildman–Crippen MR) is 122 cm³/mol. The summed E-state index contributed by atoms with van der Waals surface area (Å²) in [7, 11) is 3.21. The second-order valence-corrected chi connectivity index (χ2v) is 7.55. The molecule has 6 heteroatoms. The highest BCUT2D eigenvalue weighted by molar-refractivity contribution is 5.76. The summed E-state index contributed by atoms with van der Waals surface area (Å²) in [6.07, 6.45) is 0.999. The van der Waals surface area contributed by atoms with Crippen molar-refractivity contribution in [2.75, 3.05) is 27.4 Å². The molecule has 0 aliphatic rings. The molecule has 1 unspecified atom stereocenters. The van der Waals surface area contributed by atoms with Crippen LogP contribution in [0, 0.1) is 5.92 Å². The van der Waals surface area contributed by atoms with Crippen LogP contribution in [0.3, 0.4) is 0 Å². The summed E-state index contributed by atoms with van der Waals surface area (Å²) in [5.74, 6) is 2.98. The van der Waals surface area contributed by atoms with Gasteiger partial charge in [0, 0.05) is 6.42 Å². The molecule has 31 heavy (non-hydrogen) atoms. The fraction of sp³-hybridized carbons (Fsp3) is 0.480. The van der Waals surface area contributed by atoms with Crippen molar-refractivity contribution < 1.29 is 23.7 Å². The molecule has 0 aliphatic carbocycles. The van der Waals surface area contributed by atoms with Gasteiger partial charge in [-0.25, -0.2) is 0 Å². The highest BCUT2D eigenvalue weighted by Gasteiger charge is 2.20. The predicted octanol–water partition coefficient (Wildman–Crippen LogP) is 4.95. The number of ether oxygens (including phenoxy) is 4. The number of methoxy groups -OCH3 is 2. The highest BCUT2D eigenvalue weighted by atomic mass is 16.5. The molecule has 170 valence electrons. The molecule has 0 saturated heterocycles. The van der Waals surface area contributed by atoms with E-state index in [-0.39, 0.29) is 17.9 Å². The molecule has 0 spiro atoms. The third-order valence-electron chi connectivity index (χ3n) is 5.00. The molecule has 2 rings (SSSR count). The summed E-state index contributed by atoms with van der Waals surface area (Å²) in [5, 5.41) is 3.18. The van der Waals surface area contributed by atoms with Gasteiger partial charge in [-0.3, -0.25) is 4.79 Å². The number of benzene rings is 2. The van der Waals surface area contributed by atoms with Gasteiger partial charge in [-0.15, -0.1) is 0 Å². The van der Waals surface area contributed by atoms with Gasteiger partial charge in [0.25, 0.3) is 0 Å². The normalized spacial score (nSPS) is 11.7. The standard InChI is InChI=1S/C25H35NO5/c1-7-30-21-13-11-19(16-23(21)31-8-2)25(17(3)4)26-24(27)14-10-18-9-12-20(28-5)22(15-18)29-6/h9,11-13,15-17,25H,7-8,10,14H2,1-6H3,(H,26,27). The molecular weight excluding hydrogens is 394 g/mol. The Hall–Kier alpha value is -2.89. The van der Waals surface area contributed by atoms with E-state index in [9.17, 15) is 4.79 Å². The number of nitrogens with one attached hydrogen (secondary N) is 1. The van der Waals surface area contributed by atoms with Crippen molar-refractivity contribution in [3.05, 3.63) is 47.5 Å². The van der Waals surface area contributed by atoms with Gasteiger partial charge in [-0.1, -0.05) is 26.0 Å². The minimum absolute atomic E-state index is 0.000305. The summed E-state index contributed by atoms with van der Waals surface area (Å²) in [5.41, 5.74) is 2.02. The van der Waals surface area contributed by atoms with E-state index in [4.69, 9.17) is 18.9 Å². The fourth-order valence-corrected chi connectivity index (χ4v) is 3.44. The van der Waals surface area contributed by atoms with Gasteiger partial charge in [0.15, 0.2) is 23.0 Å². The van der Waals surface area contributed by atoms with E-state index in [1.54, 1.807) is 14.2 Å². The summed E-state index contributed by atoms with van der Waals surface area (Å²) in [6.45, 7) is 9.19. The van der Waals surface area contributed by atoms with Crippen LogP contribution in [-0.2, 0) is 11.2 Å². The average molecular weight is 430 g/mol. The zero-order valence-corrected chi connectivity index (χ0v) is 19.5. The molecule has 1 amide bonds. The van der Waals surface area contributed by atoms with Crippen LogP contribution < -0.4 is 24.3 Å². The van der Waals surface area contributed by atoms with Gasteiger partial charge in [-0.05, 0) is 61.6 Å². The van der Waals surface area contributed by atoms with Gasteiger partial charge < -0.3 is 24.3 Å². The Morgan fingerprint density at radius 1 is 0.871 bits per heavy atom. The van der Waals surface area contributed by atoms with E-state index in [0.29, 0.717) is 43.3 Å². The molecule has 0 aromatic heterocycles. The van der Waals surface area contributed by atoms with E-state index < -0.39 is 0 Å². The Labute approximate surface area is 185 Å². The average Bonchev–Trinajstić information content (AvgIpc) is 2.77. The molecule has 2 aromatic rings. The first kappa shape index (κ1) is 24.4. The summed E-state index contributed by atoms with van der Waals surface area (Å²) < 4.78 is 22.0. The second-order valence-electron chi connectivity index (χ2n) is 7.55. The van der Waals surface area contributed by atoms with Gasteiger partial charge in [0.05, 0.1) is 33.5 Å². The maximum absolute atomic E-state index is 12.7. The maximum Gasteiger partial charge on any atom is 0.220 e. The van der Waals surface area contributed by atoms with Crippen molar-refractivity contribution in [1.82, 2.24) is 5.32 Å². The molecule has 0 aliphatic heterocycles. The van der Waals surface area contributed by atoms with Crippen molar-refractivity contribution in [2.24, 2.45) is 5.92 Å². The van der Waals surface area contributed by atoms with Crippen molar-refractivity contribution in [3.63, 3.8) is 0 Å². The minimum atomic E-state index is -0.118. The lowest BCUT2D eigenvalue weighted by Crippen LogP contribution is -2.32. The lowest BCUT2D eigenvalue weighted by Gasteiger charge is -2.24. The van der Waals surface area contributed by atoms with Gasteiger partial charge >= 0.3 is 0 Å².